The number of rotatable bonds is 20. The Morgan fingerprint density at radius 3 is 1.88 bits per heavy atom. The maximum absolute atomic E-state index is 16.0. The normalized spacial score (nSPS) is 17.0. The summed E-state index contributed by atoms with van der Waals surface area (Å²) in [6.45, 7) is 2.90. The number of piperazine rings is 1. The highest BCUT2D eigenvalue weighted by Gasteiger charge is 2.57. The molecule has 2 aromatic heterocycles. The maximum Gasteiger partial charge on any atom is 0.407 e. The van der Waals surface area contributed by atoms with E-state index in [1.807, 2.05) is 22.9 Å². The van der Waals surface area contributed by atoms with Crippen LogP contribution < -0.4 is 26.3 Å². The molecule has 4 amide bonds. The number of amides is 4. The van der Waals surface area contributed by atoms with Crippen LogP contribution in [0.2, 0.25) is 0 Å². The first-order valence-electron chi connectivity index (χ1n) is 25.3. The van der Waals surface area contributed by atoms with E-state index in [1.54, 1.807) is 11.5 Å². The molecule has 6 rings (SSSR count). The molecular formula is C53H62F10N10O8. The van der Waals surface area contributed by atoms with E-state index in [2.05, 4.69) is 53.4 Å². The number of hydrogen-bond donors (Lipinski definition) is 5. The topological polar surface area (TPSA) is 205 Å². The van der Waals surface area contributed by atoms with E-state index in [0.29, 0.717) is 68.0 Å². The summed E-state index contributed by atoms with van der Waals surface area (Å²) in [5.41, 5.74) is -4.44. The predicted molar refractivity (Wildman–Crippen MR) is 272 cm³/mol. The van der Waals surface area contributed by atoms with Crippen LogP contribution in [0, 0.1) is 34.3 Å². The molecule has 18 nitrogen and oxygen atoms in total. The average molecular weight is 1160 g/mol. The second kappa shape index (κ2) is 26.1. The number of benzene rings is 2. The third-order valence-corrected chi connectivity index (χ3v) is 14.3. The molecule has 0 radical (unpaired) electrons. The van der Waals surface area contributed by atoms with E-state index in [4.69, 9.17) is 4.74 Å². The van der Waals surface area contributed by atoms with Crippen molar-refractivity contribution < 1.29 is 82.4 Å². The SMILES string of the molecule is CCC1CN(c2ccc(C#Cc3ccc(C[C@H](NC(=O)[C@@H](NC(=O)OC)C(C)(C)C(F)(F)F)[C@@H](O)CN(Cc4c(F)cc(-c5ccn(C(F)F)n5)cc4F)NC(=O)[C@@H](NC(=O)OC)C(C)(C)C(F)(F)F)cc3)cn2)CCN1C1COC1. The number of hydrogen-bond acceptors (Lipinski definition) is 13. The second-order valence-electron chi connectivity index (χ2n) is 20.5. The van der Waals surface area contributed by atoms with Gasteiger partial charge in [0.25, 0.3) is 5.91 Å². The summed E-state index contributed by atoms with van der Waals surface area (Å²) in [7, 11) is 1.60. The predicted octanol–water partition coefficient (Wildman–Crippen LogP) is 6.87. The van der Waals surface area contributed by atoms with Crippen molar-refractivity contribution in [3.63, 3.8) is 0 Å². The van der Waals surface area contributed by atoms with Crippen LogP contribution in [0.3, 0.4) is 0 Å². The van der Waals surface area contributed by atoms with Crippen molar-refractivity contribution in [2.75, 3.05) is 58.5 Å². The number of alkyl carbamates (subject to hydrolysis) is 2. The Kier molecular flexibility index (Phi) is 20.3. The number of carbonyl (C=O) groups is 4. The number of nitrogens with one attached hydrogen (secondary N) is 4. The number of nitrogens with zero attached hydrogens (tertiary/aromatic N) is 6. The first kappa shape index (κ1) is 63.0. The minimum absolute atomic E-state index is 0.198. The molecule has 5 N–H and O–H groups in total. The number of halogens is 10. The Balaban J connectivity index is 1.32. The van der Waals surface area contributed by atoms with Gasteiger partial charge >= 0.3 is 31.1 Å². The molecule has 2 aliphatic heterocycles. The monoisotopic (exact) mass is 1160 g/mol. The average Bonchev–Trinajstić information content (AvgIpc) is 3.98. The molecule has 0 saturated carbocycles. The Bertz CT molecular complexity index is 2870. The van der Waals surface area contributed by atoms with Gasteiger partial charge in [-0.05, 0) is 88.6 Å². The van der Waals surface area contributed by atoms with Crippen molar-refractivity contribution in [2.45, 2.75) is 109 Å². The van der Waals surface area contributed by atoms with E-state index < -0.39 is 115 Å². The third-order valence-electron chi connectivity index (χ3n) is 14.3. The summed E-state index contributed by atoms with van der Waals surface area (Å²) in [6, 6.07) is 6.04. The highest BCUT2D eigenvalue weighted by atomic mass is 19.4. The van der Waals surface area contributed by atoms with Crippen LogP contribution in [0.25, 0.3) is 11.3 Å². The number of carbonyl (C=O) groups excluding carboxylic acids is 4. The minimum atomic E-state index is -5.23. The lowest BCUT2D eigenvalue weighted by atomic mass is 9.82. The smallest absolute Gasteiger partial charge is 0.407 e. The number of aliphatic hydroxyl groups is 1. The van der Waals surface area contributed by atoms with Crippen LogP contribution in [0.15, 0.2) is 67.0 Å². The molecule has 2 aromatic carbocycles. The second-order valence-corrected chi connectivity index (χ2v) is 20.5. The fourth-order valence-corrected chi connectivity index (χ4v) is 8.90. The molecule has 5 atom stereocenters. The maximum atomic E-state index is 16.0. The van der Waals surface area contributed by atoms with Crippen molar-refractivity contribution in [1.82, 2.24) is 46.0 Å². The summed E-state index contributed by atoms with van der Waals surface area (Å²) in [4.78, 5) is 62.2. The summed E-state index contributed by atoms with van der Waals surface area (Å²) >= 11 is 0. The number of anilines is 1. The van der Waals surface area contributed by atoms with Gasteiger partial charge in [-0.2, -0.15) is 40.2 Å². The van der Waals surface area contributed by atoms with Crippen molar-refractivity contribution in [1.29, 1.82) is 0 Å². The summed E-state index contributed by atoms with van der Waals surface area (Å²) in [5, 5.41) is 22.1. The van der Waals surface area contributed by atoms with Gasteiger partial charge < -0.3 is 40.2 Å². The number of ether oxygens (including phenoxy) is 3. The van der Waals surface area contributed by atoms with E-state index in [0.717, 1.165) is 71.6 Å². The van der Waals surface area contributed by atoms with Crippen LogP contribution in [0.4, 0.5) is 59.3 Å². The van der Waals surface area contributed by atoms with Crippen molar-refractivity contribution in [3.05, 3.63) is 101 Å². The lowest BCUT2D eigenvalue weighted by molar-refractivity contribution is -0.221. The van der Waals surface area contributed by atoms with Crippen LogP contribution in [0.1, 0.15) is 69.8 Å². The summed E-state index contributed by atoms with van der Waals surface area (Å²) < 4.78 is 160. The lowest BCUT2D eigenvalue weighted by Gasteiger charge is -2.47. The highest BCUT2D eigenvalue weighted by Crippen LogP contribution is 2.42. The molecule has 4 aromatic rings. The number of alkyl halides is 8. The summed E-state index contributed by atoms with van der Waals surface area (Å²) in [5.74, 6) is 0.735. The number of methoxy groups -OCH3 is 2. The van der Waals surface area contributed by atoms with E-state index in [1.165, 1.54) is 24.3 Å². The van der Waals surface area contributed by atoms with Crippen LogP contribution in [0.5, 0.6) is 0 Å². The minimum Gasteiger partial charge on any atom is -0.453 e. The summed E-state index contributed by atoms with van der Waals surface area (Å²) in [6.07, 6.45) is -12.6. The Morgan fingerprint density at radius 1 is 0.815 bits per heavy atom. The first-order chi connectivity index (χ1) is 38.0. The van der Waals surface area contributed by atoms with Crippen LogP contribution in [-0.2, 0) is 36.8 Å². The Labute approximate surface area is 459 Å². The Morgan fingerprint density at radius 2 is 1.38 bits per heavy atom. The molecule has 2 saturated heterocycles. The molecule has 28 heteroatoms. The molecule has 0 aliphatic carbocycles. The van der Waals surface area contributed by atoms with Gasteiger partial charge in [-0.25, -0.2) is 33.0 Å². The third kappa shape index (κ3) is 15.4. The number of aliphatic hydroxyl groups excluding tert-OH is 1. The van der Waals surface area contributed by atoms with Gasteiger partial charge in [0, 0.05) is 73.4 Å². The van der Waals surface area contributed by atoms with E-state index in [9.17, 15) is 59.4 Å². The van der Waals surface area contributed by atoms with Crippen molar-refractivity contribution in [3.8, 4) is 23.1 Å². The van der Waals surface area contributed by atoms with Gasteiger partial charge in [-0.3, -0.25) is 19.9 Å². The standard InChI is InChI=1S/C53H62F10N10O8/c1-8-34-25-70(19-20-72(34)35-28-81-29-35)42-16-15-32(24-64-42)14-11-30-9-12-31(13-10-30)21-40(65-45(75)43(66-48(77)79-6)50(2,3)52(58,59)60)41(74)27-71(69-46(76)44(67-49(78)80-7)51(4,5)53(61,62)63)26-36-37(54)22-33(23-38(36)55)39-17-18-73(68-39)47(56)57/h9-10,12-13,15-18,22-24,34-35,40-41,43-44,47,74H,8,19-21,25-29H2,1-7H3,(H,65,75)(H,66,77)(H,67,78)(H,69,76)/t34?,40-,41-,43+,44+/m0/s1. The fourth-order valence-electron chi connectivity index (χ4n) is 8.90. The first-order valence-corrected chi connectivity index (χ1v) is 25.3. The lowest BCUT2D eigenvalue weighted by Crippen LogP contribution is -2.63. The number of aromatic nitrogens is 3. The highest BCUT2D eigenvalue weighted by molar-refractivity contribution is 5.87. The van der Waals surface area contributed by atoms with Crippen LogP contribution in [-0.4, -0.2) is 156 Å². The number of hydrazine groups is 1. The van der Waals surface area contributed by atoms with E-state index >= 15 is 8.78 Å². The molecule has 2 aliphatic rings. The molecule has 4 heterocycles. The molecule has 81 heavy (non-hydrogen) atoms. The van der Waals surface area contributed by atoms with E-state index in [-0.39, 0.29) is 21.5 Å². The van der Waals surface area contributed by atoms with Gasteiger partial charge in [0.15, 0.2) is 0 Å². The van der Waals surface area contributed by atoms with Gasteiger partial charge in [0.05, 0.1) is 62.1 Å². The zero-order valence-corrected chi connectivity index (χ0v) is 45.0. The number of pyridine rings is 1. The molecule has 0 spiro atoms. The largest absolute Gasteiger partial charge is 0.453 e. The molecule has 442 valence electrons. The van der Waals surface area contributed by atoms with Crippen molar-refractivity contribution >= 4 is 29.8 Å². The van der Waals surface area contributed by atoms with Gasteiger partial charge in [0.2, 0.25) is 5.91 Å². The van der Waals surface area contributed by atoms with Crippen molar-refractivity contribution in [2.24, 2.45) is 10.8 Å². The Hall–Kier alpha value is -7.22. The van der Waals surface area contributed by atoms with Crippen LogP contribution >= 0.6 is 0 Å². The molecule has 1 unspecified atom stereocenters. The van der Waals surface area contributed by atoms with Gasteiger partial charge in [0.1, 0.15) is 29.5 Å². The molecule has 0 bridgehead atoms. The quantitative estimate of drug-likeness (QED) is 0.0349. The molecule has 2 fully saturated rings. The van der Waals surface area contributed by atoms with Gasteiger partial charge in [-0.15, -0.1) is 0 Å². The fraction of sp³-hybridized carbons (Fsp3) is 0.509. The zero-order chi connectivity index (χ0) is 59.8. The van der Waals surface area contributed by atoms with Gasteiger partial charge in [-0.1, -0.05) is 30.9 Å². The molecular weight excluding hydrogens is 1090 g/mol. The zero-order valence-electron chi connectivity index (χ0n) is 45.0.